The van der Waals surface area contributed by atoms with Gasteiger partial charge in [0.1, 0.15) is 5.78 Å². The van der Waals surface area contributed by atoms with Crippen molar-refractivity contribution in [1.82, 2.24) is 0 Å². The van der Waals surface area contributed by atoms with Crippen LogP contribution in [0.5, 0.6) is 0 Å². The second-order valence-electron chi connectivity index (χ2n) is 4.88. The summed E-state index contributed by atoms with van der Waals surface area (Å²) in [6.45, 7) is 2.25. The predicted octanol–water partition coefficient (Wildman–Crippen LogP) is 4.08. The summed E-state index contributed by atoms with van der Waals surface area (Å²) in [4.78, 5) is 11.8. The SMILES string of the molecule is CCC1CCC(=O)C(CCc2ccsc2)C1. The molecule has 88 valence electrons. The van der Waals surface area contributed by atoms with Gasteiger partial charge in [0.15, 0.2) is 0 Å². The number of rotatable bonds is 4. The molecule has 1 heterocycles. The summed E-state index contributed by atoms with van der Waals surface area (Å²) in [6, 6.07) is 2.18. The summed E-state index contributed by atoms with van der Waals surface area (Å²) in [5, 5.41) is 4.32. The van der Waals surface area contributed by atoms with Crippen molar-refractivity contribution in [2.24, 2.45) is 11.8 Å². The van der Waals surface area contributed by atoms with Gasteiger partial charge in [-0.1, -0.05) is 13.3 Å². The van der Waals surface area contributed by atoms with Gasteiger partial charge < -0.3 is 0 Å². The fourth-order valence-corrected chi connectivity index (χ4v) is 3.33. The Balaban J connectivity index is 1.85. The van der Waals surface area contributed by atoms with Crippen LogP contribution >= 0.6 is 11.3 Å². The molecule has 0 saturated heterocycles. The molecule has 1 aromatic heterocycles. The first-order valence-corrected chi connectivity index (χ1v) is 7.27. The highest BCUT2D eigenvalue weighted by Gasteiger charge is 2.27. The van der Waals surface area contributed by atoms with E-state index in [0.29, 0.717) is 11.7 Å². The van der Waals surface area contributed by atoms with Crippen molar-refractivity contribution in [3.63, 3.8) is 0 Å². The molecular weight excluding hydrogens is 216 g/mol. The van der Waals surface area contributed by atoms with Crippen molar-refractivity contribution in [1.29, 1.82) is 0 Å². The monoisotopic (exact) mass is 236 g/mol. The highest BCUT2D eigenvalue weighted by Crippen LogP contribution is 2.31. The molecule has 1 fully saturated rings. The van der Waals surface area contributed by atoms with Gasteiger partial charge in [-0.05, 0) is 54.0 Å². The van der Waals surface area contributed by atoms with E-state index in [0.717, 1.165) is 38.0 Å². The standard InChI is InChI=1S/C14H20OS/c1-2-11-4-6-14(15)13(9-11)5-3-12-7-8-16-10-12/h7-8,10-11,13H,2-6,9H2,1H3. The summed E-state index contributed by atoms with van der Waals surface area (Å²) >= 11 is 1.75. The van der Waals surface area contributed by atoms with Crippen LogP contribution in [-0.4, -0.2) is 5.78 Å². The Kier molecular flexibility index (Phi) is 4.16. The third-order valence-corrected chi connectivity index (χ3v) is 4.54. The zero-order valence-electron chi connectivity index (χ0n) is 9.95. The topological polar surface area (TPSA) is 17.1 Å². The molecule has 1 saturated carbocycles. The first-order chi connectivity index (χ1) is 7.79. The molecule has 1 aliphatic rings. The smallest absolute Gasteiger partial charge is 0.136 e. The van der Waals surface area contributed by atoms with E-state index in [4.69, 9.17) is 0 Å². The fraction of sp³-hybridized carbons (Fsp3) is 0.643. The van der Waals surface area contributed by atoms with E-state index in [1.807, 2.05) is 0 Å². The molecule has 0 amide bonds. The van der Waals surface area contributed by atoms with Gasteiger partial charge in [0, 0.05) is 12.3 Å². The predicted molar refractivity (Wildman–Crippen MR) is 68.8 cm³/mol. The second kappa shape index (κ2) is 5.62. The molecule has 2 rings (SSSR count). The summed E-state index contributed by atoms with van der Waals surface area (Å²) in [7, 11) is 0. The van der Waals surface area contributed by atoms with E-state index in [2.05, 4.69) is 23.8 Å². The third-order valence-electron chi connectivity index (χ3n) is 3.81. The number of thiophene rings is 1. The van der Waals surface area contributed by atoms with Crippen molar-refractivity contribution < 1.29 is 4.79 Å². The van der Waals surface area contributed by atoms with Crippen molar-refractivity contribution in [2.75, 3.05) is 0 Å². The first kappa shape index (κ1) is 11.8. The largest absolute Gasteiger partial charge is 0.299 e. The maximum Gasteiger partial charge on any atom is 0.136 e. The molecule has 0 aliphatic heterocycles. The molecule has 0 radical (unpaired) electrons. The van der Waals surface area contributed by atoms with Crippen molar-refractivity contribution in [2.45, 2.75) is 45.4 Å². The van der Waals surface area contributed by atoms with Crippen LogP contribution in [0.2, 0.25) is 0 Å². The van der Waals surface area contributed by atoms with Crippen LogP contribution in [0.4, 0.5) is 0 Å². The number of aryl methyl sites for hydroxylation is 1. The normalized spacial score (nSPS) is 25.9. The van der Waals surface area contributed by atoms with Crippen molar-refractivity contribution in [3.8, 4) is 0 Å². The Labute approximate surface area is 102 Å². The minimum Gasteiger partial charge on any atom is -0.299 e. The Morgan fingerprint density at radius 2 is 2.38 bits per heavy atom. The number of hydrogen-bond donors (Lipinski definition) is 0. The summed E-state index contributed by atoms with van der Waals surface area (Å²) in [5.41, 5.74) is 1.40. The minimum absolute atomic E-state index is 0.346. The molecule has 1 nitrogen and oxygen atoms in total. The molecule has 1 aliphatic carbocycles. The van der Waals surface area contributed by atoms with Crippen molar-refractivity contribution in [3.05, 3.63) is 22.4 Å². The van der Waals surface area contributed by atoms with Gasteiger partial charge in [-0.2, -0.15) is 11.3 Å². The molecule has 0 bridgehead atoms. The molecule has 2 unspecified atom stereocenters. The number of Topliss-reactive ketones (excluding diaryl/α,β-unsaturated/α-hetero) is 1. The molecule has 0 spiro atoms. The van der Waals surface area contributed by atoms with E-state index in [9.17, 15) is 4.79 Å². The van der Waals surface area contributed by atoms with Crippen LogP contribution in [0.15, 0.2) is 16.8 Å². The van der Waals surface area contributed by atoms with Crippen molar-refractivity contribution >= 4 is 17.1 Å². The van der Waals surface area contributed by atoms with Gasteiger partial charge in [0.2, 0.25) is 0 Å². The molecule has 2 atom stereocenters. The lowest BCUT2D eigenvalue weighted by Crippen LogP contribution is -2.25. The van der Waals surface area contributed by atoms with Crippen LogP contribution in [0.1, 0.15) is 44.6 Å². The lowest BCUT2D eigenvalue weighted by molar-refractivity contribution is -0.125. The van der Waals surface area contributed by atoms with Gasteiger partial charge >= 0.3 is 0 Å². The van der Waals surface area contributed by atoms with Gasteiger partial charge in [0.05, 0.1) is 0 Å². The summed E-state index contributed by atoms with van der Waals surface area (Å²) in [6.07, 6.45) is 6.47. The van der Waals surface area contributed by atoms with Crippen LogP contribution in [0, 0.1) is 11.8 Å². The Bertz CT molecular complexity index is 329. The quantitative estimate of drug-likeness (QED) is 0.770. The van der Waals surface area contributed by atoms with Crippen LogP contribution in [-0.2, 0) is 11.2 Å². The van der Waals surface area contributed by atoms with Crippen LogP contribution < -0.4 is 0 Å². The van der Waals surface area contributed by atoms with Crippen LogP contribution in [0.25, 0.3) is 0 Å². The van der Waals surface area contributed by atoms with E-state index in [1.165, 1.54) is 12.0 Å². The fourth-order valence-electron chi connectivity index (χ4n) is 2.63. The van der Waals surface area contributed by atoms with E-state index in [-0.39, 0.29) is 0 Å². The third kappa shape index (κ3) is 2.94. The number of ketones is 1. The van der Waals surface area contributed by atoms with Gasteiger partial charge in [-0.3, -0.25) is 4.79 Å². The number of carbonyl (C=O) groups excluding carboxylic acids is 1. The van der Waals surface area contributed by atoms with Crippen LogP contribution in [0.3, 0.4) is 0 Å². The van der Waals surface area contributed by atoms with Gasteiger partial charge in [0.25, 0.3) is 0 Å². The number of carbonyl (C=O) groups is 1. The highest BCUT2D eigenvalue weighted by atomic mass is 32.1. The van der Waals surface area contributed by atoms with E-state index < -0.39 is 0 Å². The Morgan fingerprint density at radius 3 is 3.06 bits per heavy atom. The zero-order valence-corrected chi connectivity index (χ0v) is 10.8. The molecule has 1 aromatic rings. The summed E-state index contributed by atoms with van der Waals surface area (Å²) < 4.78 is 0. The maximum atomic E-state index is 11.8. The highest BCUT2D eigenvalue weighted by molar-refractivity contribution is 7.07. The maximum absolute atomic E-state index is 11.8. The molecule has 0 aromatic carbocycles. The lowest BCUT2D eigenvalue weighted by atomic mass is 9.77. The molecule has 16 heavy (non-hydrogen) atoms. The number of hydrogen-bond acceptors (Lipinski definition) is 2. The second-order valence-corrected chi connectivity index (χ2v) is 5.66. The zero-order chi connectivity index (χ0) is 11.4. The van der Waals surface area contributed by atoms with E-state index in [1.54, 1.807) is 11.3 Å². The molecular formula is C14H20OS. The molecule has 0 N–H and O–H groups in total. The average molecular weight is 236 g/mol. The van der Waals surface area contributed by atoms with E-state index >= 15 is 0 Å². The Morgan fingerprint density at radius 1 is 1.50 bits per heavy atom. The minimum atomic E-state index is 0.346. The average Bonchev–Trinajstić information content (AvgIpc) is 2.81. The first-order valence-electron chi connectivity index (χ1n) is 6.33. The van der Waals surface area contributed by atoms with Gasteiger partial charge in [-0.25, -0.2) is 0 Å². The summed E-state index contributed by atoms with van der Waals surface area (Å²) in [5.74, 6) is 1.66. The lowest BCUT2D eigenvalue weighted by Gasteiger charge is -2.27. The molecule has 2 heteroatoms. The van der Waals surface area contributed by atoms with Gasteiger partial charge in [-0.15, -0.1) is 0 Å². The Hall–Kier alpha value is -0.630.